The fraction of sp³-hybridized carbons (Fsp3) is 0.556. The van der Waals surface area contributed by atoms with Crippen LogP contribution < -0.4 is 0 Å². The van der Waals surface area contributed by atoms with E-state index in [2.05, 4.69) is 27.0 Å². The minimum absolute atomic E-state index is 0.262. The molecule has 1 aromatic heterocycles. The van der Waals surface area contributed by atoms with Crippen LogP contribution in [0.1, 0.15) is 31.1 Å². The van der Waals surface area contributed by atoms with Crippen LogP contribution in [0.4, 0.5) is 4.39 Å². The molecule has 0 radical (unpaired) electrons. The van der Waals surface area contributed by atoms with E-state index in [4.69, 9.17) is 4.42 Å². The Morgan fingerprint density at radius 1 is 1.08 bits per heavy atom. The van der Waals surface area contributed by atoms with Crippen molar-refractivity contribution < 1.29 is 8.81 Å². The first-order valence-electron chi connectivity index (χ1n) is 8.71. The quantitative estimate of drug-likeness (QED) is 0.866. The number of likely N-dealkylation sites (tertiary alicyclic amines) is 2. The number of halogens is 1. The number of rotatable bonds is 3. The zero-order valence-corrected chi connectivity index (χ0v) is 14.0. The normalized spacial score (nSPS) is 23.8. The minimum atomic E-state index is -0.327. The molecule has 0 saturated carbocycles. The topological polar surface area (TPSA) is 45.4 Å². The van der Waals surface area contributed by atoms with Gasteiger partial charge < -0.3 is 9.32 Å². The second-order valence-corrected chi connectivity index (χ2v) is 6.94. The molecular formula is C18H23FN4O. The average Bonchev–Trinajstić information content (AvgIpc) is 3.25. The van der Waals surface area contributed by atoms with Crippen LogP contribution in [0.15, 0.2) is 28.7 Å². The molecule has 2 saturated heterocycles. The van der Waals surface area contributed by atoms with Crippen LogP contribution in [0.2, 0.25) is 0 Å². The van der Waals surface area contributed by atoms with Crippen molar-refractivity contribution in [2.24, 2.45) is 0 Å². The van der Waals surface area contributed by atoms with Crippen LogP contribution >= 0.6 is 0 Å². The third-order valence-electron chi connectivity index (χ3n) is 5.32. The van der Waals surface area contributed by atoms with Gasteiger partial charge in [-0.1, -0.05) is 12.1 Å². The predicted molar refractivity (Wildman–Crippen MR) is 89.1 cm³/mol. The van der Waals surface area contributed by atoms with Crippen LogP contribution in [-0.4, -0.2) is 59.3 Å². The van der Waals surface area contributed by atoms with E-state index in [1.165, 1.54) is 32.0 Å². The molecule has 1 aromatic carbocycles. The van der Waals surface area contributed by atoms with E-state index in [1.807, 2.05) is 0 Å². The maximum atomic E-state index is 13.9. The third-order valence-corrected chi connectivity index (χ3v) is 5.32. The maximum absolute atomic E-state index is 13.9. The summed E-state index contributed by atoms with van der Waals surface area (Å²) >= 11 is 0. The van der Waals surface area contributed by atoms with Gasteiger partial charge in [0.15, 0.2) is 0 Å². The molecule has 3 heterocycles. The molecule has 0 amide bonds. The van der Waals surface area contributed by atoms with Gasteiger partial charge in [-0.25, -0.2) is 4.39 Å². The van der Waals surface area contributed by atoms with Crippen molar-refractivity contribution >= 4 is 0 Å². The van der Waals surface area contributed by atoms with E-state index in [9.17, 15) is 4.39 Å². The fourth-order valence-corrected chi connectivity index (χ4v) is 3.82. The van der Waals surface area contributed by atoms with E-state index >= 15 is 0 Å². The van der Waals surface area contributed by atoms with Crippen LogP contribution in [0.25, 0.3) is 11.5 Å². The summed E-state index contributed by atoms with van der Waals surface area (Å²) in [6, 6.07) is 7.19. The van der Waals surface area contributed by atoms with E-state index in [-0.39, 0.29) is 17.6 Å². The highest BCUT2D eigenvalue weighted by Crippen LogP contribution is 2.32. The predicted octanol–water partition coefficient (Wildman–Crippen LogP) is 2.76. The molecule has 0 bridgehead atoms. The van der Waals surface area contributed by atoms with Crippen molar-refractivity contribution in [1.29, 1.82) is 0 Å². The van der Waals surface area contributed by atoms with E-state index < -0.39 is 0 Å². The van der Waals surface area contributed by atoms with E-state index in [0.717, 1.165) is 19.5 Å². The SMILES string of the molecule is CN1CCC(N2CC[C@H](c3nnc(-c4ccccc4F)o3)C2)CC1. The molecule has 5 nitrogen and oxygen atoms in total. The van der Waals surface area contributed by atoms with Crippen molar-refractivity contribution in [1.82, 2.24) is 20.0 Å². The summed E-state index contributed by atoms with van der Waals surface area (Å²) in [5, 5.41) is 8.25. The van der Waals surface area contributed by atoms with Crippen molar-refractivity contribution in [3.8, 4) is 11.5 Å². The average molecular weight is 330 g/mol. The lowest BCUT2D eigenvalue weighted by Crippen LogP contribution is -2.42. The van der Waals surface area contributed by atoms with Gasteiger partial charge in [0.2, 0.25) is 5.89 Å². The monoisotopic (exact) mass is 330 g/mol. The maximum Gasteiger partial charge on any atom is 0.250 e. The van der Waals surface area contributed by atoms with E-state index in [1.54, 1.807) is 18.2 Å². The number of benzene rings is 1. The molecule has 1 atom stereocenters. The fourth-order valence-electron chi connectivity index (χ4n) is 3.82. The number of hydrogen-bond acceptors (Lipinski definition) is 5. The molecule has 2 fully saturated rings. The highest BCUT2D eigenvalue weighted by Gasteiger charge is 2.33. The Labute approximate surface area is 141 Å². The van der Waals surface area contributed by atoms with Gasteiger partial charge in [0.1, 0.15) is 5.82 Å². The molecule has 0 aliphatic carbocycles. The molecular weight excluding hydrogens is 307 g/mol. The summed E-state index contributed by atoms with van der Waals surface area (Å²) in [7, 11) is 2.19. The Morgan fingerprint density at radius 2 is 1.88 bits per heavy atom. The minimum Gasteiger partial charge on any atom is -0.420 e. The molecule has 4 rings (SSSR count). The van der Waals surface area contributed by atoms with Crippen LogP contribution in [0.3, 0.4) is 0 Å². The summed E-state index contributed by atoms with van der Waals surface area (Å²) in [5.74, 6) is 0.856. The highest BCUT2D eigenvalue weighted by molar-refractivity contribution is 5.53. The molecule has 2 aliphatic heterocycles. The number of piperidine rings is 1. The van der Waals surface area contributed by atoms with Gasteiger partial charge in [0, 0.05) is 12.6 Å². The summed E-state index contributed by atoms with van der Waals surface area (Å²) in [6.45, 7) is 4.39. The molecule has 0 N–H and O–H groups in total. The molecule has 24 heavy (non-hydrogen) atoms. The Hall–Kier alpha value is -1.79. The highest BCUT2D eigenvalue weighted by atomic mass is 19.1. The lowest BCUT2D eigenvalue weighted by Gasteiger charge is -2.35. The zero-order chi connectivity index (χ0) is 16.5. The van der Waals surface area contributed by atoms with Crippen LogP contribution in [0.5, 0.6) is 0 Å². The first-order valence-corrected chi connectivity index (χ1v) is 8.71. The lowest BCUT2D eigenvalue weighted by atomic mass is 10.0. The second-order valence-electron chi connectivity index (χ2n) is 6.94. The van der Waals surface area contributed by atoms with Crippen molar-refractivity contribution in [2.45, 2.75) is 31.2 Å². The smallest absolute Gasteiger partial charge is 0.250 e. The zero-order valence-electron chi connectivity index (χ0n) is 14.0. The summed E-state index contributed by atoms with van der Waals surface area (Å²) in [4.78, 5) is 4.95. The molecule has 128 valence electrons. The van der Waals surface area contributed by atoms with Gasteiger partial charge in [-0.15, -0.1) is 10.2 Å². The number of nitrogens with zero attached hydrogens (tertiary/aromatic N) is 4. The van der Waals surface area contributed by atoms with Crippen LogP contribution in [-0.2, 0) is 0 Å². The largest absolute Gasteiger partial charge is 0.420 e. The number of aromatic nitrogens is 2. The van der Waals surface area contributed by atoms with Gasteiger partial charge in [-0.2, -0.15) is 0 Å². The van der Waals surface area contributed by atoms with Gasteiger partial charge in [-0.05, 0) is 58.1 Å². The molecule has 2 aromatic rings. The van der Waals surface area contributed by atoms with Gasteiger partial charge in [-0.3, -0.25) is 4.90 Å². The summed E-state index contributed by atoms with van der Waals surface area (Å²) < 4.78 is 19.6. The van der Waals surface area contributed by atoms with Gasteiger partial charge >= 0.3 is 0 Å². The second kappa shape index (κ2) is 6.61. The van der Waals surface area contributed by atoms with E-state index in [0.29, 0.717) is 17.5 Å². The molecule has 6 heteroatoms. The Balaban J connectivity index is 1.43. The van der Waals surface area contributed by atoms with Crippen molar-refractivity contribution in [2.75, 3.05) is 33.2 Å². The first kappa shape index (κ1) is 15.7. The molecule has 0 unspecified atom stereocenters. The summed E-state index contributed by atoms with van der Waals surface area (Å²) in [6.07, 6.45) is 3.49. The summed E-state index contributed by atoms with van der Waals surface area (Å²) in [5.41, 5.74) is 0.376. The Morgan fingerprint density at radius 3 is 2.67 bits per heavy atom. The lowest BCUT2D eigenvalue weighted by molar-refractivity contribution is 0.141. The van der Waals surface area contributed by atoms with Crippen molar-refractivity contribution in [3.63, 3.8) is 0 Å². The van der Waals surface area contributed by atoms with Gasteiger partial charge in [0.05, 0.1) is 11.5 Å². The van der Waals surface area contributed by atoms with Crippen molar-refractivity contribution in [3.05, 3.63) is 36.0 Å². The van der Waals surface area contributed by atoms with Gasteiger partial charge in [0.25, 0.3) is 5.89 Å². The first-order chi connectivity index (χ1) is 11.7. The standard InChI is InChI=1S/C18H23FN4O/c1-22-9-7-14(8-10-22)23-11-6-13(12-23)17-20-21-18(24-17)15-4-2-3-5-16(15)19/h2-5,13-14H,6-12H2,1H3/t13-/m0/s1. The van der Waals surface area contributed by atoms with Crippen LogP contribution in [0, 0.1) is 5.82 Å². The Kier molecular flexibility index (Phi) is 4.33. The molecule has 0 spiro atoms. The number of hydrogen-bond donors (Lipinski definition) is 0. The third kappa shape index (κ3) is 3.08. The molecule has 2 aliphatic rings. The Bertz CT molecular complexity index is 696.